The van der Waals surface area contributed by atoms with Gasteiger partial charge in [0.05, 0.1) is 11.9 Å². The molecule has 0 saturated heterocycles. The van der Waals surface area contributed by atoms with Gasteiger partial charge in [-0.3, -0.25) is 4.68 Å². The molecule has 0 amide bonds. The smallest absolute Gasteiger partial charge is 0.159 e. The Bertz CT molecular complexity index is 537. The molecule has 0 aliphatic carbocycles. The summed E-state index contributed by atoms with van der Waals surface area (Å²) in [6.45, 7) is 4.46. The molecular formula is C12H17N5O. The zero-order valence-corrected chi connectivity index (χ0v) is 10.8. The van der Waals surface area contributed by atoms with Crippen LogP contribution in [0.5, 0.6) is 0 Å². The summed E-state index contributed by atoms with van der Waals surface area (Å²) in [5, 5.41) is 4.12. The summed E-state index contributed by atoms with van der Waals surface area (Å²) in [4.78, 5) is 8.67. The highest BCUT2D eigenvalue weighted by molar-refractivity contribution is 5.60. The zero-order valence-electron chi connectivity index (χ0n) is 10.8. The van der Waals surface area contributed by atoms with Crippen LogP contribution in [0, 0.1) is 0 Å². The fourth-order valence-electron chi connectivity index (χ4n) is 1.69. The van der Waals surface area contributed by atoms with E-state index >= 15 is 0 Å². The summed E-state index contributed by atoms with van der Waals surface area (Å²) in [7, 11) is 1.86. The first-order chi connectivity index (χ1) is 8.60. The van der Waals surface area contributed by atoms with Gasteiger partial charge < -0.3 is 10.5 Å². The van der Waals surface area contributed by atoms with Crippen molar-refractivity contribution in [1.29, 1.82) is 0 Å². The first-order valence-electron chi connectivity index (χ1n) is 5.85. The van der Waals surface area contributed by atoms with Crippen molar-refractivity contribution in [2.75, 3.05) is 12.3 Å². The molecule has 0 fully saturated rings. The maximum atomic E-state index is 5.80. The molecule has 0 radical (unpaired) electrons. The number of hydrogen-bond acceptors (Lipinski definition) is 5. The van der Waals surface area contributed by atoms with Crippen LogP contribution in [0.4, 0.5) is 5.82 Å². The van der Waals surface area contributed by atoms with E-state index in [-0.39, 0.29) is 6.10 Å². The molecule has 0 aromatic carbocycles. The van der Waals surface area contributed by atoms with Crippen LogP contribution in [-0.4, -0.2) is 26.4 Å². The SMILES string of the molecule is CCOC(C)c1nc(N)cc(-c2cnn(C)c2)n1. The minimum absolute atomic E-state index is 0.172. The molecule has 0 spiro atoms. The number of anilines is 1. The normalized spacial score (nSPS) is 12.6. The van der Waals surface area contributed by atoms with Crippen LogP contribution in [0.15, 0.2) is 18.5 Å². The minimum atomic E-state index is -0.172. The van der Waals surface area contributed by atoms with Gasteiger partial charge in [-0.1, -0.05) is 0 Å². The summed E-state index contributed by atoms with van der Waals surface area (Å²) >= 11 is 0. The molecule has 2 aromatic heterocycles. The molecule has 2 aromatic rings. The topological polar surface area (TPSA) is 78.9 Å². The number of nitrogen functional groups attached to an aromatic ring is 1. The van der Waals surface area contributed by atoms with Crippen molar-refractivity contribution in [1.82, 2.24) is 19.7 Å². The number of hydrogen-bond donors (Lipinski definition) is 1. The molecule has 0 aliphatic heterocycles. The summed E-state index contributed by atoms with van der Waals surface area (Å²) in [5.74, 6) is 1.03. The van der Waals surface area contributed by atoms with Crippen LogP contribution < -0.4 is 5.73 Å². The van der Waals surface area contributed by atoms with Crippen LogP contribution >= 0.6 is 0 Å². The van der Waals surface area contributed by atoms with Gasteiger partial charge in [0.25, 0.3) is 0 Å². The van der Waals surface area contributed by atoms with Crippen LogP contribution in [-0.2, 0) is 11.8 Å². The Labute approximate surface area is 106 Å². The third-order valence-corrected chi connectivity index (χ3v) is 2.54. The third kappa shape index (κ3) is 2.65. The molecule has 96 valence electrons. The van der Waals surface area contributed by atoms with E-state index < -0.39 is 0 Å². The molecule has 2 rings (SSSR count). The number of nitrogens with zero attached hydrogens (tertiary/aromatic N) is 4. The lowest BCUT2D eigenvalue weighted by Crippen LogP contribution is -2.07. The van der Waals surface area contributed by atoms with Gasteiger partial charge in [-0.2, -0.15) is 5.10 Å². The van der Waals surface area contributed by atoms with Gasteiger partial charge in [0.2, 0.25) is 0 Å². The quantitative estimate of drug-likeness (QED) is 0.886. The Morgan fingerprint density at radius 2 is 2.22 bits per heavy atom. The Balaban J connectivity index is 2.37. The van der Waals surface area contributed by atoms with Gasteiger partial charge in [0.15, 0.2) is 5.82 Å². The number of rotatable bonds is 4. The highest BCUT2D eigenvalue weighted by Gasteiger charge is 2.12. The fraction of sp³-hybridized carbons (Fsp3) is 0.417. The standard InChI is InChI=1S/C12H17N5O/c1-4-18-8(2)12-15-10(5-11(13)16-12)9-6-14-17(3)7-9/h5-8H,4H2,1-3H3,(H2,13,15,16). The number of aromatic nitrogens is 4. The van der Waals surface area contributed by atoms with Crippen molar-refractivity contribution < 1.29 is 4.74 Å². The average Bonchev–Trinajstić information content (AvgIpc) is 2.75. The van der Waals surface area contributed by atoms with Gasteiger partial charge in [-0.25, -0.2) is 9.97 Å². The highest BCUT2D eigenvalue weighted by Crippen LogP contribution is 2.21. The van der Waals surface area contributed by atoms with E-state index in [2.05, 4.69) is 15.1 Å². The predicted octanol–water partition coefficient (Wildman–Crippen LogP) is 1.56. The monoisotopic (exact) mass is 247 g/mol. The van der Waals surface area contributed by atoms with Crippen LogP contribution in [0.25, 0.3) is 11.3 Å². The molecule has 0 bridgehead atoms. The maximum Gasteiger partial charge on any atom is 0.159 e. The Morgan fingerprint density at radius 1 is 1.44 bits per heavy atom. The minimum Gasteiger partial charge on any atom is -0.384 e. The van der Waals surface area contributed by atoms with Crippen LogP contribution in [0.2, 0.25) is 0 Å². The lowest BCUT2D eigenvalue weighted by Gasteiger charge is -2.11. The summed E-state index contributed by atoms with van der Waals surface area (Å²) in [6, 6.07) is 1.74. The Kier molecular flexibility index (Phi) is 3.57. The van der Waals surface area contributed by atoms with Gasteiger partial charge in [0.1, 0.15) is 11.9 Å². The maximum absolute atomic E-state index is 5.80. The highest BCUT2D eigenvalue weighted by atomic mass is 16.5. The fourth-order valence-corrected chi connectivity index (χ4v) is 1.69. The van der Waals surface area contributed by atoms with Crippen molar-refractivity contribution >= 4 is 5.82 Å². The molecule has 0 aliphatic rings. The van der Waals surface area contributed by atoms with Crippen molar-refractivity contribution in [3.8, 4) is 11.3 Å². The molecule has 1 unspecified atom stereocenters. The van der Waals surface area contributed by atoms with E-state index in [0.717, 1.165) is 11.3 Å². The van der Waals surface area contributed by atoms with Gasteiger partial charge in [-0.15, -0.1) is 0 Å². The van der Waals surface area contributed by atoms with Crippen molar-refractivity contribution in [3.05, 3.63) is 24.3 Å². The molecule has 1 atom stereocenters. The van der Waals surface area contributed by atoms with E-state index in [1.54, 1.807) is 16.9 Å². The first-order valence-corrected chi connectivity index (χ1v) is 5.85. The van der Waals surface area contributed by atoms with E-state index in [9.17, 15) is 0 Å². The van der Waals surface area contributed by atoms with Crippen molar-refractivity contribution in [2.24, 2.45) is 7.05 Å². The van der Waals surface area contributed by atoms with E-state index in [4.69, 9.17) is 10.5 Å². The third-order valence-electron chi connectivity index (χ3n) is 2.54. The summed E-state index contributed by atoms with van der Waals surface area (Å²) in [6.07, 6.45) is 3.46. The second kappa shape index (κ2) is 5.14. The van der Waals surface area contributed by atoms with E-state index in [1.807, 2.05) is 27.1 Å². The largest absolute Gasteiger partial charge is 0.384 e. The van der Waals surface area contributed by atoms with Crippen molar-refractivity contribution in [3.63, 3.8) is 0 Å². The molecule has 6 nitrogen and oxygen atoms in total. The van der Waals surface area contributed by atoms with Gasteiger partial charge in [0, 0.05) is 31.5 Å². The Hall–Kier alpha value is -1.95. The predicted molar refractivity (Wildman–Crippen MR) is 68.7 cm³/mol. The molecule has 18 heavy (non-hydrogen) atoms. The molecule has 0 saturated carbocycles. The second-order valence-corrected chi connectivity index (χ2v) is 4.04. The molecule has 2 N–H and O–H groups in total. The van der Waals surface area contributed by atoms with E-state index in [1.165, 1.54) is 0 Å². The molecule has 2 heterocycles. The molecular weight excluding hydrogens is 230 g/mol. The van der Waals surface area contributed by atoms with Crippen molar-refractivity contribution in [2.45, 2.75) is 20.0 Å². The van der Waals surface area contributed by atoms with Gasteiger partial charge in [-0.05, 0) is 13.8 Å². The lowest BCUT2D eigenvalue weighted by atomic mass is 10.2. The summed E-state index contributed by atoms with van der Waals surface area (Å²) < 4.78 is 7.20. The first kappa shape index (κ1) is 12.5. The molecule has 6 heteroatoms. The zero-order chi connectivity index (χ0) is 13.1. The number of nitrogens with two attached hydrogens (primary N) is 1. The van der Waals surface area contributed by atoms with Crippen LogP contribution in [0.1, 0.15) is 25.8 Å². The van der Waals surface area contributed by atoms with Crippen LogP contribution in [0.3, 0.4) is 0 Å². The lowest BCUT2D eigenvalue weighted by molar-refractivity contribution is 0.0702. The van der Waals surface area contributed by atoms with E-state index in [0.29, 0.717) is 18.2 Å². The van der Waals surface area contributed by atoms with Gasteiger partial charge >= 0.3 is 0 Å². The second-order valence-electron chi connectivity index (χ2n) is 4.04. The summed E-state index contributed by atoms with van der Waals surface area (Å²) in [5.41, 5.74) is 7.48. The number of aryl methyl sites for hydroxylation is 1. The average molecular weight is 247 g/mol. The number of ether oxygens (including phenoxy) is 1. The Morgan fingerprint density at radius 3 is 2.83 bits per heavy atom.